The minimum Gasteiger partial charge on any atom is -0.369 e. The maximum atomic E-state index is 4.20. The highest BCUT2D eigenvalue weighted by molar-refractivity contribution is 9.10. The molecule has 2 aromatic rings. The van der Waals surface area contributed by atoms with Crippen molar-refractivity contribution in [2.45, 2.75) is 13.3 Å². The number of nitrogens with zero attached hydrogens (tertiary/aromatic N) is 2. The zero-order chi connectivity index (χ0) is 11.4. The standard InChI is InChI=1S/C11H12BrN3S/c1-2-6-13-10-4-3-9(14-15-10)11-8(12)5-7-16-11/h3-5,7H,2,6H2,1H3,(H,13,15). The van der Waals surface area contributed by atoms with Crippen molar-refractivity contribution in [2.24, 2.45) is 0 Å². The molecule has 2 rings (SSSR count). The Bertz CT molecular complexity index is 453. The van der Waals surface area contributed by atoms with Gasteiger partial charge >= 0.3 is 0 Å². The van der Waals surface area contributed by atoms with E-state index < -0.39 is 0 Å². The molecule has 0 radical (unpaired) electrons. The number of anilines is 1. The lowest BCUT2D eigenvalue weighted by Crippen LogP contribution is -2.02. The molecule has 0 unspecified atom stereocenters. The van der Waals surface area contributed by atoms with Gasteiger partial charge in [-0.15, -0.1) is 21.5 Å². The molecule has 0 saturated heterocycles. The first-order valence-electron chi connectivity index (χ1n) is 5.12. The summed E-state index contributed by atoms with van der Waals surface area (Å²) < 4.78 is 1.07. The van der Waals surface area contributed by atoms with E-state index in [-0.39, 0.29) is 0 Å². The number of aromatic nitrogens is 2. The van der Waals surface area contributed by atoms with E-state index in [1.165, 1.54) is 0 Å². The summed E-state index contributed by atoms with van der Waals surface area (Å²) in [4.78, 5) is 1.12. The van der Waals surface area contributed by atoms with Crippen LogP contribution in [-0.4, -0.2) is 16.7 Å². The molecule has 84 valence electrons. The Balaban J connectivity index is 2.16. The van der Waals surface area contributed by atoms with Crippen molar-refractivity contribution in [1.82, 2.24) is 10.2 Å². The van der Waals surface area contributed by atoms with Gasteiger partial charge in [0.2, 0.25) is 0 Å². The quantitative estimate of drug-likeness (QED) is 0.933. The third-order valence-electron chi connectivity index (χ3n) is 2.07. The second kappa shape index (κ2) is 5.41. The Labute approximate surface area is 107 Å². The van der Waals surface area contributed by atoms with Gasteiger partial charge in [0.25, 0.3) is 0 Å². The van der Waals surface area contributed by atoms with Crippen LogP contribution in [0.15, 0.2) is 28.1 Å². The highest BCUT2D eigenvalue weighted by atomic mass is 79.9. The lowest BCUT2D eigenvalue weighted by molar-refractivity contribution is 0.946. The van der Waals surface area contributed by atoms with Crippen molar-refractivity contribution in [3.05, 3.63) is 28.1 Å². The van der Waals surface area contributed by atoms with Crippen molar-refractivity contribution < 1.29 is 0 Å². The van der Waals surface area contributed by atoms with Crippen LogP contribution in [0.25, 0.3) is 10.6 Å². The Hall–Kier alpha value is -0.940. The van der Waals surface area contributed by atoms with Crippen LogP contribution in [-0.2, 0) is 0 Å². The largest absolute Gasteiger partial charge is 0.369 e. The summed E-state index contributed by atoms with van der Waals surface area (Å²) in [6, 6.07) is 5.97. The average molecular weight is 298 g/mol. The highest BCUT2D eigenvalue weighted by Gasteiger charge is 2.06. The van der Waals surface area contributed by atoms with Gasteiger partial charge in [-0.3, -0.25) is 0 Å². The first-order valence-corrected chi connectivity index (χ1v) is 6.79. The normalized spacial score (nSPS) is 10.4. The molecule has 1 N–H and O–H groups in total. The maximum absolute atomic E-state index is 4.20. The van der Waals surface area contributed by atoms with Gasteiger partial charge in [-0.1, -0.05) is 6.92 Å². The van der Waals surface area contributed by atoms with Crippen molar-refractivity contribution in [3.63, 3.8) is 0 Å². The lowest BCUT2D eigenvalue weighted by Gasteiger charge is -2.03. The predicted molar refractivity (Wildman–Crippen MR) is 71.8 cm³/mol. The zero-order valence-corrected chi connectivity index (χ0v) is 11.3. The van der Waals surface area contributed by atoms with Gasteiger partial charge in [0.05, 0.1) is 4.88 Å². The Kier molecular flexibility index (Phi) is 3.90. The molecule has 0 aliphatic heterocycles. The molecule has 2 heterocycles. The second-order valence-electron chi connectivity index (χ2n) is 3.33. The average Bonchev–Trinajstić information content (AvgIpc) is 2.74. The number of halogens is 1. The van der Waals surface area contributed by atoms with E-state index in [9.17, 15) is 0 Å². The summed E-state index contributed by atoms with van der Waals surface area (Å²) in [6.45, 7) is 3.05. The SMILES string of the molecule is CCCNc1ccc(-c2sccc2Br)nn1. The summed E-state index contributed by atoms with van der Waals surface area (Å²) in [6.07, 6.45) is 1.08. The van der Waals surface area contributed by atoms with Crippen LogP contribution in [0.3, 0.4) is 0 Å². The molecule has 0 fully saturated rings. The van der Waals surface area contributed by atoms with E-state index in [4.69, 9.17) is 0 Å². The summed E-state index contributed by atoms with van der Waals surface area (Å²) in [5.74, 6) is 0.832. The van der Waals surface area contributed by atoms with Gasteiger partial charge in [0.1, 0.15) is 11.5 Å². The van der Waals surface area contributed by atoms with Crippen LogP contribution in [0.4, 0.5) is 5.82 Å². The van der Waals surface area contributed by atoms with Crippen LogP contribution < -0.4 is 5.32 Å². The smallest absolute Gasteiger partial charge is 0.148 e. The van der Waals surface area contributed by atoms with Crippen LogP contribution in [0.5, 0.6) is 0 Å². The molecule has 16 heavy (non-hydrogen) atoms. The third kappa shape index (κ3) is 2.59. The first kappa shape index (κ1) is 11.5. The number of hydrogen-bond acceptors (Lipinski definition) is 4. The molecule has 0 amide bonds. The molecule has 0 aromatic carbocycles. The molecule has 0 spiro atoms. The van der Waals surface area contributed by atoms with E-state index in [2.05, 4.69) is 38.4 Å². The Morgan fingerprint density at radius 1 is 1.31 bits per heavy atom. The third-order valence-corrected chi connectivity index (χ3v) is 3.93. The van der Waals surface area contributed by atoms with Gasteiger partial charge in [0.15, 0.2) is 0 Å². The molecule has 0 saturated carbocycles. The van der Waals surface area contributed by atoms with E-state index in [1.807, 2.05) is 23.6 Å². The molecule has 0 aliphatic carbocycles. The van der Waals surface area contributed by atoms with Crippen molar-refractivity contribution in [3.8, 4) is 10.6 Å². The number of nitrogens with one attached hydrogen (secondary N) is 1. The summed E-state index contributed by atoms with van der Waals surface area (Å²) in [5, 5.41) is 13.6. The molecule has 2 aromatic heterocycles. The number of thiophene rings is 1. The summed E-state index contributed by atoms with van der Waals surface area (Å²) >= 11 is 5.15. The molecule has 5 heteroatoms. The highest BCUT2D eigenvalue weighted by Crippen LogP contribution is 2.31. The van der Waals surface area contributed by atoms with Crippen LogP contribution in [0.1, 0.15) is 13.3 Å². The van der Waals surface area contributed by atoms with Crippen LogP contribution in [0.2, 0.25) is 0 Å². The zero-order valence-electron chi connectivity index (χ0n) is 8.90. The van der Waals surface area contributed by atoms with E-state index in [0.717, 1.165) is 33.8 Å². The monoisotopic (exact) mass is 297 g/mol. The van der Waals surface area contributed by atoms with E-state index in [0.29, 0.717) is 0 Å². The molecule has 0 atom stereocenters. The lowest BCUT2D eigenvalue weighted by atomic mass is 10.3. The van der Waals surface area contributed by atoms with Gasteiger partial charge in [0, 0.05) is 11.0 Å². The van der Waals surface area contributed by atoms with Crippen LogP contribution >= 0.6 is 27.3 Å². The summed E-state index contributed by atoms with van der Waals surface area (Å²) in [7, 11) is 0. The number of rotatable bonds is 4. The first-order chi connectivity index (χ1) is 7.81. The van der Waals surface area contributed by atoms with E-state index in [1.54, 1.807) is 11.3 Å². The van der Waals surface area contributed by atoms with Crippen molar-refractivity contribution in [1.29, 1.82) is 0 Å². The molecule has 0 bridgehead atoms. The Morgan fingerprint density at radius 2 is 2.19 bits per heavy atom. The Morgan fingerprint density at radius 3 is 2.75 bits per heavy atom. The minimum atomic E-state index is 0.832. The molecular formula is C11H12BrN3S. The van der Waals surface area contributed by atoms with Gasteiger partial charge < -0.3 is 5.32 Å². The van der Waals surface area contributed by atoms with Crippen molar-refractivity contribution >= 4 is 33.1 Å². The fourth-order valence-corrected chi connectivity index (χ4v) is 2.82. The van der Waals surface area contributed by atoms with E-state index >= 15 is 0 Å². The second-order valence-corrected chi connectivity index (χ2v) is 5.10. The van der Waals surface area contributed by atoms with Gasteiger partial charge in [-0.25, -0.2) is 0 Å². The van der Waals surface area contributed by atoms with Gasteiger partial charge in [-0.05, 0) is 45.9 Å². The fourth-order valence-electron chi connectivity index (χ4n) is 1.28. The molecular weight excluding hydrogens is 286 g/mol. The molecule has 0 aliphatic rings. The maximum Gasteiger partial charge on any atom is 0.148 e. The minimum absolute atomic E-state index is 0.832. The number of hydrogen-bond donors (Lipinski definition) is 1. The topological polar surface area (TPSA) is 37.8 Å². The fraction of sp³-hybridized carbons (Fsp3) is 0.273. The van der Waals surface area contributed by atoms with Gasteiger partial charge in [-0.2, -0.15) is 0 Å². The van der Waals surface area contributed by atoms with Crippen LogP contribution in [0, 0.1) is 0 Å². The predicted octanol–water partition coefficient (Wildman–Crippen LogP) is 3.79. The summed E-state index contributed by atoms with van der Waals surface area (Å²) in [5.41, 5.74) is 0.906. The molecule has 3 nitrogen and oxygen atoms in total. The van der Waals surface area contributed by atoms with Crippen molar-refractivity contribution in [2.75, 3.05) is 11.9 Å².